The lowest BCUT2D eigenvalue weighted by Gasteiger charge is -2.31. The Balaban J connectivity index is 1.33. The molecule has 2 amide bonds. The number of hydrogen-bond donors (Lipinski definition) is 2. The van der Waals surface area contributed by atoms with Crippen molar-refractivity contribution >= 4 is 22.8 Å². The molecule has 2 aromatic heterocycles. The van der Waals surface area contributed by atoms with E-state index < -0.39 is 0 Å². The maximum Gasteiger partial charge on any atom is 0.255 e. The van der Waals surface area contributed by atoms with E-state index >= 15 is 0 Å². The second-order valence-corrected chi connectivity index (χ2v) is 7.18. The molecule has 3 heterocycles. The fourth-order valence-electron chi connectivity index (χ4n) is 3.59. The third kappa shape index (κ3) is 3.74. The number of amides is 2. The van der Waals surface area contributed by atoms with Crippen LogP contribution >= 0.6 is 0 Å². The standard InChI is InChI=1S/C21H23N5O2/c1-14(19-24-17-6-2-3-7-18(17)25-19)23-20(27)15-8-11-26(12-9-15)21(28)16-5-4-10-22-13-16/h2-7,10,13-15H,8-9,11-12H2,1H3,(H,23,27)(H,24,25). The average Bonchev–Trinajstić information content (AvgIpc) is 3.18. The van der Waals surface area contributed by atoms with E-state index in [1.54, 1.807) is 29.4 Å². The minimum atomic E-state index is -0.199. The monoisotopic (exact) mass is 377 g/mol. The summed E-state index contributed by atoms with van der Waals surface area (Å²) in [5, 5.41) is 3.06. The summed E-state index contributed by atoms with van der Waals surface area (Å²) in [6.45, 7) is 3.08. The van der Waals surface area contributed by atoms with Gasteiger partial charge in [0.15, 0.2) is 0 Å². The molecule has 1 saturated heterocycles. The van der Waals surface area contributed by atoms with Crippen LogP contribution < -0.4 is 5.32 Å². The third-order valence-electron chi connectivity index (χ3n) is 5.24. The van der Waals surface area contributed by atoms with Gasteiger partial charge in [-0.2, -0.15) is 0 Å². The van der Waals surface area contributed by atoms with Crippen molar-refractivity contribution in [3.05, 3.63) is 60.2 Å². The number of aromatic amines is 1. The Bertz CT molecular complexity index is 944. The molecule has 1 aliphatic rings. The number of para-hydroxylation sites is 2. The molecule has 1 unspecified atom stereocenters. The van der Waals surface area contributed by atoms with Crippen LogP contribution in [0.2, 0.25) is 0 Å². The Kier molecular flexibility index (Phi) is 5.06. The van der Waals surface area contributed by atoms with Crippen molar-refractivity contribution < 1.29 is 9.59 Å². The number of nitrogens with one attached hydrogen (secondary N) is 2. The van der Waals surface area contributed by atoms with Gasteiger partial charge in [-0.1, -0.05) is 12.1 Å². The van der Waals surface area contributed by atoms with Gasteiger partial charge in [-0.3, -0.25) is 14.6 Å². The lowest BCUT2D eigenvalue weighted by Crippen LogP contribution is -2.43. The number of carbonyl (C=O) groups is 2. The maximum absolute atomic E-state index is 12.7. The zero-order chi connectivity index (χ0) is 19.5. The molecule has 0 spiro atoms. The predicted octanol–water partition coefficient (Wildman–Crippen LogP) is 2.69. The van der Waals surface area contributed by atoms with Gasteiger partial charge in [-0.05, 0) is 44.0 Å². The Morgan fingerprint density at radius 3 is 2.68 bits per heavy atom. The first-order chi connectivity index (χ1) is 13.6. The topological polar surface area (TPSA) is 91.0 Å². The van der Waals surface area contributed by atoms with Crippen molar-refractivity contribution in [2.45, 2.75) is 25.8 Å². The lowest BCUT2D eigenvalue weighted by molar-refractivity contribution is -0.127. The molecule has 7 heteroatoms. The number of benzene rings is 1. The zero-order valence-corrected chi connectivity index (χ0v) is 15.8. The number of likely N-dealkylation sites (tertiary alicyclic amines) is 1. The quantitative estimate of drug-likeness (QED) is 0.731. The number of carbonyl (C=O) groups excluding carboxylic acids is 2. The first-order valence-corrected chi connectivity index (χ1v) is 9.56. The first-order valence-electron chi connectivity index (χ1n) is 9.56. The Hall–Kier alpha value is -3.22. The highest BCUT2D eigenvalue weighted by atomic mass is 16.2. The molecule has 0 saturated carbocycles. The number of pyridine rings is 1. The summed E-state index contributed by atoms with van der Waals surface area (Å²) in [7, 11) is 0. The molecule has 7 nitrogen and oxygen atoms in total. The molecule has 28 heavy (non-hydrogen) atoms. The average molecular weight is 377 g/mol. The van der Waals surface area contributed by atoms with Crippen molar-refractivity contribution in [2.75, 3.05) is 13.1 Å². The molecule has 2 N–H and O–H groups in total. The molecule has 4 rings (SSSR count). The van der Waals surface area contributed by atoms with E-state index in [4.69, 9.17) is 0 Å². The molecular weight excluding hydrogens is 354 g/mol. The van der Waals surface area contributed by atoms with E-state index in [-0.39, 0.29) is 23.8 Å². The molecule has 0 bridgehead atoms. The van der Waals surface area contributed by atoms with Gasteiger partial charge < -0.3 is 15.2 Å². The Labute approximate surface area is 163 Å². The van der Waals surface area contributed by atoms with Gasteiger partial charge in [0, 0.05) is 31.4 Å². The summed E-state index contributed by atoms with van der Waals surface area (Å²) in [6.07, 6.45) is 4.54. The van der Waals surface area contributed by atoms with Gasteiger partial charge in [0.2, 0.25) is 5.91 Å². The highest BCUT2D eigenvalue weighted by Gasteiger charge is 2.29. The molecule has 1 aromatic carbocycles. The van der Waals surface area contributed by atoms with E-state index in [2.05, 4.69) is 20.3 Å². The molecule has 0 radical (unpaired) electrons. The SMILES string of the molecule is CC(NC(=O)C1CCN(C(=O)c2cccnc2)CC1)c1nc2ccccc2[nH]1. The fourth-order valence-corrected chi connectivity index (χ4v) is 3.59. The fraction of sp³-hybridized carbons (Fsp3) is 0.333. The Morgan fingerprint density at radius 1 is 1.18 bits per heavy atom. The minimum absolute atomic E-state index is 0.0152. The molecule has 144 valence electrons. The van der Waals surface area contributed by atoms with Crippen LogP contribution in [0.25, 0.3) is 11.0 Å². The van der Waals surface area contributed by atoms with Crippen molar-refractivity contribution in [2.24, 2.45) is 5.92 Å². The molecule has 0 aliphatic carbocycles. The van der Waals surface area contributed by atoms with Crippen LogP contribution in [0, 0.1) is 5.92 Å². The smallest absolute Gasteiger partial charge is 0.255 e. The Morgan fingerprint density at radius 2 is 1.96 bits per heavy atom. The van der Waals surface area contributed by atoms with Crippen LogP contribution in [-0.4, -0.2) is 44.8 Å². The molecule has 3 aromatic rings. The van der Waals surface area contributed by atoms with Crippen molar-refractivity contribution in [1.82, 2.24) is 25.2 Å². The summed E-state index contributed by atoms with van der Waals surface area (Å²) in [4.78, 5) is 38.8. The van der Waals surface area contributed by atoms with E-state index in [0.29, 0.717) is 31.5 Å². The normalized spacial score (nSPS) is 16.1. The number of piperidine rings is 1. The van der Waals surface area contributed by atoms with Gasteiger partial charge in [-0.15, -0.1) is 0 Å². The number of fused-ring (bicyclic) bond motifs is 1. The van der Waals surface area contributed by atoms with Gasteiger partial charge in [0.25, 0.3) is 5.91 Å². The number of aromatic nitrogens is 3. The van der Waals surface area contributed by atoms with Crippen LogP contribution in [-0.2, 0) is 4.79 Å². The first kappa shape index (κ1) is 18.2. The van der Waals surface area contributed by atoms with Gasteiger partial charge in [0.05, 0.1) is 22.6 Å². The van der Waals surface area contributed by atoms with Gasteiger partial charge in [0.1, 0.15) is 5.82 Å². The van der Waals surface area contributed by atoms with E-state index in [0.717, 1.165) is 16.9 Å². The largest absolute Gasteiger partial charge is 0.346 e. The summed E-state index contributed by atoms with van der Waals surface area (Å²) in [5.74, 6) is 0.646. The van der Waals surface area contributed by atoms with Crippen LogP contribution in [0.3, 0.4) is 0 Å². The highest BCUT2D eigenvalue weighted by Crippen LogP contribution is 2.21. The summed E-state index contributed by atoms with van der Waals surface area (Å²) < 4.78 is 0. The van der Waals surface area contributed by atoms with Crippen LogP contribution in [0.5, 0.6) is 0 Å². The zero-order valence-electron chi connectivity index (χ0n) is 15.8. The molecule has 1 atom stereocenters. The van der Waals surface area contributed by atoms with Crippen LogP contribution in [0.1, 0.15) is 42.0 Å². The van der Waals surface area contributed by atoms with Gasteiger partial charge >= 0.3 is 0 Å². The van der Waals surface area contributed by atoms with E-state index in [1.165, 1.54) is 0 Å². The molecule has 1 fully saturated rings. The third-order valence-corrected chi connectivity index (χ3v) is 5.24. The van der Waals surface area contributed by atoms with Crippen molar-refractivity contribution in [1.29, 1.82) is 0 Å². The summed E-state index contributed by atoms with van der Waals surface area (Å²) in [6, 6.07) is 11.1. The van der Waals surface area contributed by atoms with Crippen molar-refractivity contribution in [3.8, 4) is 0 Å². The second-order valence-electron chi connectivity index (χ2n) is 7.18. The number of hydrogen-bond acceptors (Lipinski definition) is 4. The van der Waals surface area contributed by atoms with E-state index in [9.17, 15) is 9.59 Å². The molecular formula is C21H23N5O2. The van der Waals surface area contributed by atoms with Crippen LogP contribution in [0.15, 0.2) is 48.8 Å². The predicted molar refractivity (Wildman–Crippen MR) is 106 cm³/mol. The minimum Gasteiger partial charge on any atom is -0.346 e. The number of rotatable bonds is 4. The van der Waals surface area contributed by atoms with Crippen LogP contribution in [0.4, 0.5) is 0 Å². The summed E-state index contributed by atoms with van der Waals surface area (Å²) in [5.41, 5.74) is 2.44. The number of H-pyrrole nitrogens is 1. The van der Waals surface area contributed by atoms with Crippen molar-refractivity contribution in [3.63, 3.8) is 0 Å². The lowest BCUT2D eigenvalue weighted by atomic mass is 9.95. The second kappa shape index (κ2) is 7.80. The maximum atomic E-state index is 12.7. The van der Waals surface area contributed by atoms with Gasteiger partial charge in [-0.25, -0.2) is 4.98 Å². The number of nitrogens with zero attached hydrogens (tertiary/aromatic N) is 3. The molecule has 1 aliphatic heterocycles. The summed E-state index contributed by atoms with van der Waals surface area (Å²) >= 11 is 0. The van der Waals surface area contributed by atoms with E-state index in [1.807, 2.05) is 31.2 Å². The number of imidazole rings is 1. The highest BCUT2D eigenvalue weighted by molar-refractivity contribution is 5.94.